The Morgan fingerprint density at radius 2 is 2.41 bits per heavy atom. The fourth-order valence-corrected chi connectivity index (χ4v) is 3.66. The summed E-state index contributed by atoms with van der Waals surface area (Å²) in [5.74, 6) is 0.144. The van der Waals surface area contributed by atoms with Crippen molar-refractivity contribution in [3.8, 4) is 0 Å². The quantitative estimate of drug-likeness (QED) is 0.897. The van der Waals surface area contributed by atoms with Crippen molar-refractivity contribution in [3.05, 3.63) is 17.5 Å². The van der Waals surface area contributed by atoms with E-state index >= 15 is 0 Å². The number of aromatic nitrogens is 2. The van der Waals surface area contributed by atoms with E-state index in [2.05, 4.69) is 5.10 Å². The number of piperidine rings is 1. The molecule has 2 aliphatic heterocycles. The van der Waals surface area contributed by atoms with Crippen molar-refractivity contribution in [3.63, 3.8) is 0 Å². The molecule has 3 rings (SSSR count). The van der Waals surface area contributed by atoms with Crippen molar-refractivity contribution in [2.24, 2.45) is 7.05 Å². The van der Waals surface area contributed by atoms with Gasteiger partial charge in [-0.2, -0.15) is 5.10 Å². The number of amides is 1. The molecule has 0 bridgehead atoms. The van der Waals surface area contributed by atoms with E-state index in [9.17, 15) is 9.90 Å². The molecule has 22 heavy (non-hydrogen) atoms. The van der Waals surface area contributed by atoms with Crippen LogP contribution in [0.4, 0.5) is 0 Å². The number of ether oxygens (including phenoxy) is 1. The van der Waals surface area contributed by atoms with Crippen molar-refractivity contribution in [2.45, 2.75) is 50.7 Å². The fourth-order valence-electron chi connectivity index (χ4n) is 3.66. The van der Waals surface area contributed by atoms with Gasteiger partial charge < -0.3 is 14.7 Å². The zero-order chi connectivity index (χ0) is 15.7. The zero-order valence-electron chi connectivity index (χ0n) is 13.4. The van der Waals surface area contributed by atoms with Gasteiger partial charge in [-0.1, -0.05) is 0 Å². The topological polar surface area (TPSA) is 67.6 Å². The lowest BCUT2D eigenvalue weighted by Gasteiger charge is -2.43. The molecule has 0 aliphatic carbocycles. The number of aryl methyl sites for hydroxylation is 3. The molecule has 6 nitrogen and oxygen atoms in total. The van der Waals surface area contributed by atoms with Crippen LogP contribution < -0.4 is 0 Å². The Morgan fingerprint density at radius 3 is 3.05 bits per heavy atom. The van der Waals surface area contributed by atoms with E-state index in [4.69, 9.17) is 4.74 Å². The third kappa shape index (κ3) is 2.90. The van der Waals surface area contributed by atoms with Crippen LogP contribution in [-0.4, -0.2) is 57.1 Å². The minimum Gasteiger partial charge on any atom is -0.390 e. The number of carbonyl (C=O) groups excluding carboxylic acids is 1. The summed E-state index contributed by atoms with van der Waals surface area (Å²) in [4.78, 5) is 14.4. The molecule has 2 aliphatic rings. The van der Waals surface area contributed by atoms with E-state index in [-0.39, 0.29) is 5.91 Å². The smallest absolute Gasteiger partial charge is 0.223 e. The molecule has 1 aromatic rings. The minimum atomic E-state index is -0.516. The summed E-state index contributed by atoms with van der Waals surface area (Å²) >= 11 is 0. The second kappa shape index (κ2) is 6.01. The maximum atomic E-state index is 12.5. The number of aliphatic hydroxyl groups is 1. The third-order valence-electron chi connectivity index (χ3n) is 4.95. The van der Waals surface area contributed by atoms with Crippen LogP contribution in [0.3, 0.4) is 0 Å². The monoisotopic (exact) mass is 307 g/mol. The highest BCUT2D eigenvalue weighted by Crippen LogP contribution is 2.35. The van der Waals surface area contributed by atoms with Gasteiger partial charge in [-0.25, -0.2) is 0 Å². The Morgan fingerprint density at radius 1 is 1.59 bits per heavy atom. The van der Waals surface area contributed by atoms with Gasteiger partial charge >= 0.3 is 0 Å². The second-order valence-electron chi connectivity index (χ2n) is 6.55. The Kier molecular flexibility index (Phi) is 4.23. The molecule has 1 amide bonds. The van der Waals surface area contributed by atoms with Crippen LogP contribution in [0.1, 0.15) is 36.9 Å². The van der Waals surface area contributed by atoms with Gasteiger partial charge in [-0.15, -0.1) is 0 Å². The molecule has 1 aromatic heterocycles. The number of carbonyl (C=O) groups is 1. The van der Waals surface area contributed by atoms with Crippen LogP contribution in [0.25, 0.3) is 0 Å². The van der Waals surface area contributed by atoms with Crippen molar-refractivity contribution < 1.29 is 14.6 Å². The molecular formula is C16H25N3O3. The van der Waals surface area contributed by atoms with Crippen LogP contribution in [0.15, 0.2) is 6.20 Å². The van der Waals surface area contributed by atoms with Gasteiger partial charge in [0.25, 0.3) is 0 Å². The number of hydrogen-bond donors (Lipinski definition) is 1. The largest absolute Gasteiger partial charge is 0.390 e. The molecule has 0 unspecified atom stereocenters. The number of rotatable bonds is 3. The van der Waals surface area contributed by atoms with Crippen molar-refractivity contribution in [1.82, 2.24) is 14.7 Å². The Balaban J connectivity index is 1.59. The van der Waals surface area contributed by atoms with E-state index < -0.39 is 11.7 Å². The van der Waals surface area contributed by atoms with E-state index in [1.807, 2.05) is 25.1 Å². The number of likely N-dealkylation sites (tertiary alicyclic amines) is 1. The van der Waals surface area contributed by atoms with E-state index in [1.54, 1.807) is 4.68 Å². The highest BCUT2D eigenvalue weighted by atomic mass is 16.5. The molecule has 0 aromatic carbocycles. The summed E-state index contributed by atoms with van der Waals surface area (Å²) < 4.78 is 7.59. The molecular weight excluding hydrogens is 282 g/mol. The summed E-state index contributed by atoms with van der Waals surface area (Å²) in [6.45, 7) is 3.81. The Hall–Kier alpha value is -1.40. The molecule has 0 radical (unpaired) electrons. The van der Waals surface area contributed by atoms with Gasteiger partial charge in [0.2, 0.25) is 5.91 Å². The number of hydrogen-bond acceptors (Lipinski definition) is 4. The maximum absolute atomic E-state index is 12.5. The predicted octanol–water partition coefficient (Wildman–Crippen LogP) is 0.804. The molecule has 3 heterocycles. The van der Waals surface area contributed by atoms with E-state index in [1.165, 1.54) is 0 Å². The standard InChI is InChI=1S/C16H25N3O3/c1-12-13(10-18(2)17-12)4-5-15(21)19-8-6-14(20)16(11-19)7-3-9-22-16/h10,14,20H,3-9,11H2,1-2H3/t14-,16-/m0/s1. The van der Waals surface area contributed by atoms with Crippen molar-refractivity contribution >= 4 is 5.91 Å². The van der Waals surface area contributed by atoms with Crippen molar-refractivity contribution in [2.75, 3.05) is 19.7 Å². The first-order chi connectivity index (χ1) is 10.5. The van der Waals surface area contributed by atoms with Crippen LogP contribution in [-0.2, 0) is 23.0 Å². The van der Waals surface area contributed by atoms with Gasteiger partial charge in [0.05, 0.1) is 18.3 Å². The molecule has 2 fully saturated rings. The highest BCUT2D eigenvalue weighted by Gasteiger charge is 2.46. The third-order valence-corrected chi connectivity index (χ3v) is 4.95. The van der Waals surface area contributed by atoms with Crippen LogP contribution in [0, 0.1) is 6.92 Å². The minimum absolute atomic E-state index is 0.144. The normalized spacial score (nSPS) is 28.5. The maximum Gasteiger partial charge on any atom is 0.223 e. The summed E-state index contributed by atoms with van der Waals surface area (Å²) in [6.07, 6.45) is 5.15. The molecule has 0 saturated carbocycles. The first-order valence-corrected chi connectivity index (χ1v) is 8.09. The lowest BCUT2D eigenvalue weighted by Crippen LogP contribution is -2.57. The van der Waals surface area contributed by atoms with E-state index in [0.29, 0.717) is 39.0 Å². The van der Waals surface area contributed by atoms with E-state index in [0.717, 1.165) is 24.1 Å². The van der Waals surface area contributed by atoms with Gasteiger partial charge in [-0.05, 0) is 38.2 Å². The zero-order valence-corrected chi connectivity index (χ0v) is 13.4. The molecule has 2 saturated heterocycles. The predicted molar refractivity (Wildman–Crippen MR) is 81.4 cm³/mol. The summed E-state index contributed by atoms with van der Waals surface area (Å²) in [5.41, 5.74) is 1.60. The molecule has 122 valence electrons. The summed E-state index contributed by atoms with van der Waals surface area (Å²) in [5, 5.41) is 14.5. The van der Waals surface area contributed by atoms with Crippen LogP contribution in [0.2, 0.25) is 0 Å². The SMILES string of the molecule is Cc1nn(C)cc1CCC(=O)N1CC[C@H](O)[C@]2(CCCO2)C1. The van der Waals surface area contributed by atoms with Gasteiger partial charge in [-0.3, -0.25) is 9.48 Å². The van der Waals surface area contributed by atoms with Crippen LogP contribution >= 0.6 is 0 Å². The van der Waals surface area contributed by atoms with Gasteiger partial charge in [0.15, 0.2) is 0 Å². The molecule has 1 N–H and O–H groups in total. The lowest BCUT2D eigenvalue weighted by molar-refractivity contribution is -0.154. The number of aliphatic hydroxyl groups excluding tert-OH is 1. The molecule has 6 heteroatoms. The Labute approximate surface area is 131 Å². The summed E-state index contributed by atoms with van der Waals surface area (Å²) in [7, 11) is 1.89. The molecule has 2 atom stereocenters. The molecule has 1 spiro atoms. The first kappa shape index (κ1) is 15.5. The number of nitrogens with zero attached hydrogens (tertiary/aromatic N) is 3. The average Bonchev–Trinajstić information content (AvgIpc) is 3.07. The first-order valence-electron chi connectivity index (χ1n) is 8.09. The summed E-state index contributed by atoms with van der Waals surface area (Å²) in [6, 6.07) is 0. The van der Waals surface area contributed by atoms with Crippen molar-refractivity contribution in [1.29, 1.82) is 0 Å². The fraction of sp³-hybridized carbons (Fsp3) is 0.750. The lowest BCUT2D eigenvalue weighted by atomic mass is 9.87. The Bertz CT molecular complexity index is 549. The van der Waals surface area contributed by atoms with Crippen LogP contribution in [0.5, 0.6) is 0 Å². The average molecular weight is 307 g/mol. The van der Waals surface area contributed by atoms with Gasteiger partial charge in [0.1, 0.15) is 5.60 Å². The second-order valence-corrected chi connectivity index (χ2v) is 6.55. The highest BCUT2D eigenvalue weighted by molar-refractivity contribution is 5.76. The van der Waals surface area contributed by atoms with Gasteiger partial charge in [0, 0.05) is 32.8 Å².